The molecule has 0 aromatic heterocycles. The lowest BCUT2D eigenvalue weighted by Gasteiger charge is -2.43. The summed E-state index contributed by atoms with van der Waals surface area (Å²) in [6.07, 6.45) is 12.2. The van der Waals surface area contributed by atoms with E-state index in [0.29, 0.717) is 10.8 Å². The lowest BCUT2D eigenvalue weighted by atomic mass is 9.68. The molecule has 0 saturated heterocycles. The Morgan fingerprint density at radius 2 is 1.84 bits per heavy atom. The second-order valence-corrected chi connectivity index (χ2v) is 8.69. The number of unbranched alkanes of at least 4 members (excludes halogenated alkanes) is 3. The van der Waals surface area contributed by atoms with Gasteiger partial charge in [-0.05, 0) is 67.4 Å². The van der Waals surface area contributed by atoms with Crippen molar-refractivity contribution in [2.75, 3.05) is 18.6 Å². The molecule has 0 radical (unpaired) electrons. The van der Waals surface area contributed by atoms with Crippen molar-refractivity contribution in [2.45, 2.75) is 71.8 Å². The first-order chi connectivity index (χ1) is 9.00. The van der Waals surface area contributed by atoms with Crippen LogP contribution in [0.4, 0.5) is 0 Å². The third-order valence-corrected chi connectivity index (χ3v) is 6.59. The maximum absolute atomic E-state index is 3.93. The highest BCUT2D eigenvalue weighted by molar-refractivity contribution is 7.98. The van der Waals surface area contributed by atoms with Gasteiger partial charge < -0.3 is 5.32 Å². The van der Waals surface area contributed by atoms with Crippen LogP contribution in [0.15, 0.2) is 0 Å². The zero-order valence-corrected chi connectivity index (χ0v) is 14.2. The van der Waals surface area contributed by atoms with Crippen molar-refractivity contribution >= 4 is 11.8 Å². The lowest BCUT2D eigenvalue weighted by molar-refractivity contribution is 0.109. The lowest BCUT2D eigenvalue weighted by Crippen LogP contribution is -2.50. The second kappa shape index (κ2) is 6.39. The van der Waals surface area contributed by atoms with Crippen molar-refractivity contribution < 1.29 is 0 Å². The summed E-state index contributed by atoms with van der Waals surface area (Å²) >= 11 is 1.98. The first-order valence-corrected chi connectivity index (χ1v) is 9.62. The summed E-state index contributed by atoms with van der Waals surface area (Å²) in [6, 6.07) is 0.755. The third-order valence-electron chi connectivity index (χ3n) is 5.89. The van der Waals surface area contributed by atoms with Crippen LogP contribution in [-0.4, -0.2) is 24.6 Å². The molecule has 0 heterocycles. The normalized spacial score (nSPS) is 36.0. The minimum absolute atomic E-state index is 0.520. The van der Waals surface area contributed by atoms with E-state index >= 15 is 0 Å². The number of fused-ring (bicyclic) bond motifs is 2. The fourth-order valence-corrected chi connectivity index (χ4v) is 5.28. The summed E-state index contributed by atoms with van der Waals surface area (Å²) in [6.45, 7) is 8.75. The predicted octanol–water partition coefficient (Wildman–Crippen LogP) is 4.71. The van der Waals surface area contributed by atoms with Crippen LogP contribution in [0, 0.1) is 16.7 Å². The first kappa shape index (κ1) is 15.7. The largest absolute Gasteiger partial charge is 0.313 e. The van der Waals surface area contributed by atoms with Gasteiger partial charge in [0.15, 0.2) is 0 Å². The Morgan fingerprint density at radius 1 is 1.11 bits per heavy atom. The predicted molar refractivity (Wildman–Crippen MR) is 87.9 cm³/mol. The van der Waals surface area contributed by atoms with Crippen LogP contribution in [0.2, 0.25) is 0 Å². The molecule has 19 heavy (non-hydrogen) atoms. The Kier molecular flexibility index (Phi) is 5.28. The molecule has 1 N–H and O–H groups in total. The average molecular weight is 284 g/mol. The molecule has 2 saturated carbocycles. The molecular formula is C17H33NS. The summed E-state index contributed by atoms with van der Waals surface area (Å²) in [5, 5.41) is 3.93. The van der Waals surface area contributed by atoms with Crippen molar-refractivity contribution in [3.05, 3.63) is 0 Å². The minimum atomic E-state index is 0.520. The van der Waals surface area contributed by atoms with Crippen LogP contribution in [0.5, 0.6) is 0 Å². The molecule has 112 valence electrons. The summed E-state index contributed by atoms with van der Waals surface area (Å²) in [7, 11) is 0. The van der Waals surface area contributed by atoms with Gasteiger partial charge in [-0.25, -0.2) is 0 Å². The van der Waals surface area contributed by atoms with E-state index in [-0.39, 0.29) is 0 Å². The molecule has 2 fully saturated rings. The van der Waals surface area contributed by atoms with Crippen LogP contribution in [-0.2, 0) is 0 Å². The van der Waals surface area contributed by atoms with Crippen molar-refractivity contribution in [3.63, 3.8) is 0 Å². The van der Waals surface area contributed by atoms with E-state index in [1.807, 2.05) is 11.8 Å². The van der Waals surface area contributed by atoms with Crippen LogP contribution >= 0.6 is 11.8 Å². The van der Waals surface area contributed by atoms with Crippen molar-refractivity contribution in [3.8, 4) is 0 Å². The van der Waals surface area contributed by atoms with Crippen molar-refractivity contribution in [2.24, 2.45) is 16.7 Å². The van der Waals surface area contributed by atoms with Gasteiger partial charge in [-0.15, -0.1) is 0 Å². The highest BCUT2D eigenvalue weighted by Crippen LogP contribution is 2.62. The quantitative estimate of drug-likeness (QED) is 0.647. The van der Waals surface area contributed by atoms with Gasteiger partial charge in [0.2, 0.25) is 0 Å². The Labute approximate surface area is 124 Å². The SMILES string of the molecule is CSCCCCCCNC1C(C)(C)[C@H]2CC[C@]1(C)C2. The molecule has 0 aromatic carbocycles. The van der Waals surface area contributed by atoms with E-state index in [0.717, 1.165) is 12.0 Å². The van der Waals surface area contributed by atoms with Gasteiger partial charge in [0.1, 0.15) is 0 Å². The number of hydrogen-bond acceptors (Lipinski definition) is 2. The third kappa shape index (κ3) is 3.32. The molecular weight excluding hydrogens is 250 g/mol. The zero-order valence-electron chi connectivity index (χ0n) is 13.4. The molecule has 2 heteroatoms. The van der Waals surface area contributed by atoms with Gasteiger partial charge in [0.05, 0.1) is 0 Å². The Hall–Kier alpha value is 0.310. The number of rotatable bonds is 8. The topological polar surface area (TPSA) is 12.0 Å². The molecule has 0 aromatic rings. The zero-order chi connectivity index (χ0) is 13.9. The minimum Gasteiger partial charge on any atom is -0.313 e. The Balaban J connectivity index is 1.68. The first-order valence-electron chi connectivity index (χ1n) is 8.23. The standard InChI is InChI=1S/C17H33NS/c1-16(2)14-9-10-17(3,13-14)15(16)18-11-7-5-6-8-12-19-4/h14-15,18H,5-13H2,1-4H3/t14-,15?,17+/m0/s1. The number of nitrogens with one attached hydrogen (secondary N) is 1. The molecule has 0 amide bonds. The highest BCUT2D eigenvalue weighted by Gasteiger charge is 2.58. The van der Waals surface area contributed by atoms with E-state index in [1.165, 1.54) is 57.2 Å². The van der Waals surface area contributed by atoms with Crippen LogP contribution in [0.25, 0.3) is 0 Å². The van der Waals surface area contributed by atoms with Gasteiger partial charge in [-0.1, -0.05) is 33.6 Å². The van der Waals surface area contributed by atoms with Crippen molar-refractivity contribution in [1.82, 2.24) is 5.32 Å². The molecule has 0 aliphatic heterocycles. The van der Waals surface area contributed by atoms with E-state index in [1.54, 1.807) is 0 Å². The fourth-order valence-electron chi connectivity index (χ4n) is 4.78. The van der Waals surface area contributed by atoms with Gasteiger partial charge >= 0.3 is 0 Å². The summed E-state index contributed by atoms with van der Waals surface area (Å²) in [4.78, 5) is 0. The van der Waals surface area contributed by atoms with Crippen LogP contribution in [0.1, 0.15) is 65.7 Å². The molecule has 2 aliphatic carbocycles. The number of hydrogen-bond donors (Lipinski definition) is 1. The smallest absolute Gasteiger partial charge is 0.0175 e. The van der Waals surface area contributed by atoms with Crippen molar-refractivity contribution in [1.29, 1.82) is 0 Å². The van der Waals surface area contributed by atoms with E-state index in [9.17, 15) is 0 Å². The van der Waals surface area contributed by atoms with Gasteiger partial charge in [0.25, 0.3) is 0 Å². The monoisotopic (exact) mass is 283 g/mol. The summed E-state index contributed by atoms with van der Waals surface area (Å²) in [5.74, 6) is 2.31. The van der Waals surface area contributed by atoms with Gasteiger partial charge in [-0.2, -0.15) is 11.8 Å². The summed E-state index contributed by atoms with van der Waals surface area (Å²) in [5.41, 5.74) is 1.11. The highest BCUT2D eigenvalue weighted by atomic mass is 32.2. The van der Waals surface area contributed by atoms with E-state index < -0.39 is 0 Å². The van der Waals surface area contributed by atoms with Gasteiger partial charge in [0, 0.05) is 6.04 Å². The molecule has 1 unspecified atom stereocenters. The molecule has 0 spiro atoms. The Morgan fingerprint density at radius 3 is 2.47 bits per heavy atom. The molecule has 2 aliphatic rings. The molecule has 2 bridgehead atoms. The number of thioether (sulfide) groups is 1. The van der Waals surface area contributed by atoms with Gasteiger partial charge in [-0.3, -0.25) is 0 Å². The van der Waals surface area contributed by atoms with E-state index in [2.05, 4.69) is 32.3 Å². The van der Waals surface area contributed by atoms with E-state index in [4.69, 9.17) is 0 Å². The van der Waals surface area contributed by atoms with Crippen LogP contribution < -0.4 is 5.32 Å². The van der Waals surface area contributed by atoms with Crippen LogP contribution in [0.3, 0.4) is 0 Å². The summed E-state index contributed by atoms with van der Waals surface area (Å²) < 4.78 is 0. The fraction of sp³-hybridized carbons (Fsp3) is 1.00. The molecule has 2 rings (SSSR count). The second-order valence-electron chi connectivity index (χ2n) is 7.71. The molecule has 1 nitrogen and oxygen atoms in total. The average Bonchev–Trinajstić information content (AvgIpc) is 2.83. The molecule has 3 atom stereocenters. The Bertz CT molecular complexity index is 284. The maximum atomic E-state index is 3.93. The maximum Gasteiger partial charge on any atom is 0.0175 e.